The van der Waals surface area contributed by atoms with E-state index in [1.54, 1.807) is 0 Å². The molecule has 1 saturated carbocycles. The SMILES string of the molecule is Cc1ccc(NC(=O)C2(CNC(=O)C3CCNCC3)CCCC2)cc1C.Cl. The van der Waals surface area contributed by atoms with Crippen molar-refractivity contribution in [2.45, 2.75) is 52.4 Å². The van der Waals surface area contributed by atoms with E-state index in [1.807, 2.05) is 18.2 Å². The Balaban J connectivity index is 0.00000261. The van der Waals surface area contributed by atoms with Crippen LogP contribution in [0.25, 0.3) is 0 Å². The first-order valence-corrected chi connectivity index (χ1v) is 9.87. The van der Waals surface area contributed by atoms with E-state index in [0.29, 0.717) is 6.54 Å². The van der Waals surface area contributed by atoms with E-state index < -0.39 is 5.41 Å². The molecule has 27 heavy (non-hydrogen) atoms. The van der Waals surface area contributed by atoms with Gasteiger partial charge in [-0.15, -0.1) is 12.4 Å². The Morgan fingerprint density at radius 2 is 1.78 bits per heavy atom. The standard InChI is InChI=1S/C21H31N3O2.ClH/c1-15-5-6-18(13-16(15)2)24-20(26)21(9-3-4-10-21)14-23-19(25)17-7-11-22-12-8-17;/h5-6,13,17,22H,3-4,7-12,14H2,1-2H3,(H,23,25)(H,24,26);1H. The second kappa shape index (κ2) is 9.56. The number of rotatable bonds is 5. The van der Waals surface area contributed by atoms with Gasteiger partial charge >= 0.3 is 0 Å². The monoisotopic (exact) mass is 393 g/mol. The maximum atomic E-state index is 13.0. The molecule has 1 aliphatic heterocycles. The van der Waals surface area contributed by atoms with Gasteiger partial charge in [-0.05, 0) is 75.9 Å². The summed E-state index contributed by atoms with van der Waals surface area (Å²) in [6.07, 6.45) is 5.54. The molecule has 1 aromatic carbocycles. The van der Waals surface area contributed by atoms with Gasteiger partial charge in [0.25, 0.3) is 0 Å². The molecule has 1 heterocycles. The number of benzene rings is 1. The number of piperidine rings is 1. The van der Waals surface area contributed by atoms with Gasteiger partial charge in [0.05, 0.1) is 5.41 Å². The van der Waals surface area contributed by atoms with Crippen molar-refractivity contribution in [1.82, 2.24) is 10.6 Å². The van der Waals surface area contributed by atoms with Crippen LogP contribution in [0.2, 0.25) is 0 Å². The first kappa shape index (κ1) is 21.7. The molecule has 2 aliphatic rings. The summed E-state index contributed by atoms with van der Waals surface area (Å²) in [6.45, 7) is 6.37. The highest BCUT2D eigenvalue weighted by Crippen LogP contribution is 2.39. The van der Waals surface area contributed by atoms with E-state index in [9.17, 15) is 9.59 Å². The lowest BCUT2D eigenvalue weighted by molar-refractivity contribution is -0.128. The molecular formula is C21H32ClN3O2. The van der Waals surface area contributed by atoms with Crippen molar-refractivity contribution >= 4 is 29.9 Å². The summed E-state index contributed by atoms with van der Waals surface area (Å²) >= 11 is 0. The second-order valence-corrected chi connectivity index (χ2v) is 7.98. The van der Waals surface area contributed by atoms with Gasteiger partial charge in [-0.1, -0.05) is 18.9 Å². The van der Waals surface area contributed by atoms with Crippen LogP contribution in [0.15, 0.2) is 18.2 Å². The molecule has 1 aromatic rings. The van der Waals surface area contributed by atoms with E-state index in [1.165, 1.54) is 11.1 Å². The van der Waals surface area contributed by atoms with E-state index in [2.05, 4.69) is 29.8 Å². The van der Waals surface area contributed by atoms with Crippen LogP contribution >= 0.6 is 12.4 Å². The second-order valence-electron chi connectivity index (χ2n) is 7.98. The number of amides is 2. The molecule has 0 bridgehead atoms. The molecule has 0 aromatic heterocycles. The molecule has 0 unspecified atom stereocenters. The number of nitrogens with one attached hydrogen (secondary N) is 3. The normalized spacial score (nSPS) is 19.2. The lowest BCUT2D eigenvalue weighted by Gasteiger charge is -2.30. The predicted molar refractivity (Wildman–Crippen MR) is 111 cm³/mol. The number of halogens is 1. The molecule has 3 N–H and O–H groups in total. The van der Waals surface area contributed by atoms with Gasteiger partial charge in [0, 0.05) is 18.2 Å². The Labute approximate surface area is 168 Å². The average molecular weight is 394 g/mol. The van der Waals surface area contributed by atoms with E-state index in [-0.39, 0.29) is 30.1 Å². The zero-order valence-corrected chi connectivity index (χ0v) is 17.2. The quantitative estimate of drug-likeness (QED) is 0.718. The summed E-state index contributed by atoms with van der Waals surface area (Å²) in [7, 11) is 0. The largest absolute Gasteiger partial charge is 0.355 e. The van der Waals surface area contributed by atoms with Gasteiger partial charge in [-0.25, -0.2) is 0 Å². The van der Waals surface area contributed by atoms with Crippen molar-refractivity contribution in [2.75, 3.05) is 25.0 Å². The Morgan fingerprint density at radius 3 is 2.41 bits per heavy atom. The highest BCUT2D eigenvalue weighted by Gasteiger charge is 2.41. The third-order valence-electron chi connectivity index (χ3n) is 6.12. The van der Waals surface area contributed by atoms with Crippen LogP contribution in [0.5, 0.6) is 0 Å². The number of hydrogen-bond donors (Lipinski definition) is 3. The highest BCUT2D eigenvalue weighted by atomic mass is 35.5. The molecule has 2 fully saturated rings. The molecule has 3 rings (SSSR count). The maximum Gasteiger partial charge on any atom is 0.232 e. The lowest BCUT2D eigenvalue weighted by Crippen LogP contribution is -2.46. The average Bonchev–Trinajstić information content (AvgIpc) is 3.14. The predicted octanol–water partition coefficient (Wildman–Crippen LogP) is 3.34. The van der Waals surface area contributed by atoms with Crippen molar-refractivity contribution in [3.05, 3.63) is 29.3 Å². The van der Waals surface area contributed by atoms with Gasteiger partial charge in [-0.2, -0.15) is 0 Å². The summed E-state index contributed by atoms with van der Waals surface area (Å²) < 4.78 is 0. The maximum absolute atomic E-state index is 13.0. The van der Waals surface area contributed by atoms with Gasteiger partial charge in [0.1, 0.15) is 0 Å². The first-order valence-electron chi connectivity index (χ1n) is 9.87. The van der Waals surface area contributed by atoms with Crippen LogP contribution in [-0.4, -0.2) is 31.4 Å². The first-order chi connectivity index (χ1) is 12.5. The van der Waals surface area contributed by atoms with E-state index in [4.69, 9.17) is 0 Å². The molecule has 0 radical (unpaired) electrons. The van der Waals surface area contributed by atoms with Crippen LogP contribution in [-0.2, 0) is 9.59 Å². The number of aryl methyl sites for hydroxylation is 2. The molecule has 1 saturated heterocycles. The topological polar surface area (TPSA) is 70.2 Å². The van der Waals surface area contributed by atoms with E-state index in [0.717, 1.165) is 57.3 Å². The summed E-state index contributed by atoms with van der Waals surface area (Å²) in [4.78, 5) is 25.5. The van der Waals surface area contributed by atoms with Crippen molar-refractivity contribution in [3.63, 3.8) is 0 Å². The smallest absolute Gasteiger partial charge is 0.232 e. The third-order valence-corrected chi connectivity index (χ3v) is 6.12. The summed E-state index contributed by atoms with van der Waals surface area (Å²) in [6, 6.07) is 6.01. The van der Waals surface area contributed by atoms with Gasteiger partial charge in [-0.3, -0.25) is 9.59 Å². The molecule has 0 spiro atoms. The minimum Gasteiger partial charge on any atom is -0.355 e. The summed E-state index contributed by atoms with van der Waals surface area (Å²) in [5.74, 6) is 0.234. The van der Waals surface area contributed by atoms with Crippen LogP contribution in [0.1, 0.15) is 49.7 Å². The number of anilines is 1. The zero-order chi connectivity index (χ0) is 18.6. The van der Waals surface area contributed by atoms with Gasteiger partial charge < -0.3 is 16.0 Å². The van der Waals surface area contributed by atoms with Crippen molar-refractivity contribution in [1.29, 1.82) is 0 Å². The minimum atomic E-state index is -0.471. The molecular weight excluding hydrogens is 362 g/mol. The fourth-order valence-corrected chi connectivity index (χ4v) is 4.10. The van der Waals surface area contributed by atoms with Crippen LogP contribution in [0.4, 0.5) is 5.69 Å². The Hall–Kier alpha value is -1.59. The Morgan fingerprint density at radius 1 is 1.11 bits per heavy atom. The molecule has 0 atom stereocenters. The van der Waals surface area contributed by atoms with Crippen LogP contribution < -0.4 is 16.0 Å². The van der Waals surface area contributed by atoms with Crippen LogP contribution in [0, 0.1) is 25.2 Å². The Kier molecular flexibility index (Phi) is 7.68. The fourth-order valence-electron chi connectivity index (χ4n) is 4.10. The fraction of sp³-hybridized carbons (Fsp3) is 0.619. The molecule has 2 amide bonds. The number of carbonyl (C=O) groups excluding carboxylic acids is 2. The van der Waals surface area contributed by atoms with Gasteiger partial charge in [0.2, 0.25) is 11.8 Å². The van der Waals surface area contributed by atoms with Crippen molar-refractivity contribution in [3.8, 4) is 0 Å². The lowest BCUT2D eigenvalue weighted by atomic mass is 9.84. The third kappa shape index (κ3) is 5.23. The van der Waals surface area contributed by atoms with Gasteiger partial charge in [0.15, 0.2) is 0 Å². The Bertz CT molecular complexity index is 665. The zero-order valence-electron chi connectivity index (χ0n) is 16.4. The number of hydrogen-bond acceptors (Lipinski definition) is 3. The molecule has 150 valence electrons. The molecule has 1 aliphatic carbocycles. The summed E-state index contributed by atoms with van der Waals surface area (Å²) in [5.41, 5.74) is 2.76. The van der Waals surface area contributed by atoms with Crippen molar-refractivity contribution < 1.29 is 9.59 Å². The van der Waals surface area contributed by atoms with Crippen molar-refractivity contribution in [2.24, 2.45) is 11.3 Å². The molecule has 6 heteroatoms. The number of carbonyl (C=O) groups is 2. The highest BCUT2D eigenvalue weighted by molar-refractivity contribution is 5.96. The van der Waals surface area contributed by atoms with Crippen LogP contribution in [0.3, 0.4) is 0 Å². The molecule has 5 nitrogen and oxygen atoms in total. The van der Waals surface area contributed by atoms with E-state index >= 15 is 0 Å². The minimum absolute atomic E-state index is 0. The summed E-state index contributed by atoms with van der Waals surface area (Å²) in [5, 5.41) is 9.47.